The van der Waals surface area contributed by atoms with E-state index < -0.39 is 6.23 Å². The fraction of sp³-hybridized carbons (Fsp3) is 1.00. The second kappa shape index (κ2) is 2.98. The molecule has 0 bridgehead atoms. The molecule has 70 valence electrons. The maximum absolute atomic E-state index is 8.91. The molecule has 0 aromatic rings. The van der Waals surface area contributed by atoms with E-state index >= 15 is 0 Å². The van der Waals surface area contributed by atoms with E-state index in [9.17, 15) is 0 Å². The van der Waals surface area contributed by atoms with Gasteiger partial charge in [0.05, 0.1) is 0 Å². The molecule has 0 aromatic carbocycles. The Morgan fingerprint density at radius 1 is 1.50 bits per heavy atom. The van der Waals surface area contributed by atoms with Crippen LogP contribution in [-0.2, 0) is 0 Å². The summed E-state index contributed by atoms with van der Waals surface area (Å²) >= 11 is 0. The van der Waals surface area contributed by atoms with Crippen LogP contribution in [0, 0.1) is 0 Å². The predicted molar refractivity (Wildman–Crippen MR) is 47.6 cm³/mol. The molecular weight excluding hydrogens is 152 g/mol. The van der Waals surface area contributed by atoms with Gasteiger partial charge in [-0.05, 0) is 38.5 Å². The first-order chi connectivity index (χ1) is 5.70. The second-order valence-electron chi connectivity index (χ2n) is 4.30. The molecule has 3 nitrogen and oxygen atoms in total. The van der Waals surface area contributed by atoms with E-state index in [1.807, 2.05) is 0 Å². The van der Waals surface area contributed by atoms with Crippen LogP contribution < -0.4 is 11.1 Å². The topological polar surface area (TPSA) is 58.3 Å². The average molecular weight is 170 g/mol. The number of aliphatic hydroxyl groups excluding tert-OH is 1. The van der Waals surface area contributed by atoms with Gasteiger partial charge in [-0.2, -0.15) is 0 Å². The standard InChI is InChI=1S/C9H18N2O/c10-8(12)2-1-7-3-4-9(11-7)5-6-9/h7-8,11-12H,1-6,10H2. The quantitative estimate of drug-likeness (QED) is 0.535. The van der Waals surface area contributed by atoms with Crippen LogP contribution in [0.5, 0.6) is 0 Å². The van der Waals surface area contributed by atoms with Crippen molar-refractivity contribution in [1.29, 1.82) is 0 Å². The summed E-state index contributed by atoms with van der Waals surface area (Å²) in [5, 5.41) is 12.5. The molecule has 1 spiro atoms. The van der Waals surface area contributed by atoms with E-state index in [0.717, 1.165) is 12.8 Å². The lowest BCUT2D eigenvalue weighted by atomic mass is 10.1. The molecule has 2 rings (SSSR count). The Hall–Kier alpha value is -0.120. The molecule has 1 saturated heterocycles. The van der Waals surface area contributed by atoms with Gasteiger partial charge >= 0.3 is 0 Å². The lowest BCUT2D eigenvalue weighted by molar-refractivity contribution is 0.164. The van der Waals surface area contributed by atoms with Gasteiger partial charge in [-0.3, -0.25) is 0 Å². The highest BCUT2D eigenvalue weighted by Gasteiger charge is 2.47. The highest BCUT2D eigenvalue weighted by molar-refractivity contribution is 5.08. The minimum atomic E-state index is -0.623. The summed E-state index contributed by atoms with van der Waals surface area (Å²) in [5.74, 6) is 0. The van der Waals surface area contributed by atoms with Crippen LogP contribution in [0.3, 0.4) is 0 Å². The van der Waals surface area contributed by atoms with Crippen molar-refractivity contribution in [2.45, 2.75) is 56.3 Å². The number of hydrogen-bond acceptors (Lipinski definition) is 3. The fourth-order valence-electron chi connectivity index (χ4n) is 2.16. The van der Waals surface area contributed by atoms with Crippen LogP contribution in [-0.4, -0.2) is 22.9 Å². The van der Waals surface area contributed by atoms with Crippen LogP contribution in [0.25, 0.3) is 0 Å². The molecular formula is C9H18N2O. The van der Waals surface area contributed by atoms with Crippen molar-refractivity contribution >= 4 is 0 Å². The maximum Gasteiger partial charge on any atom is 0.102 e. The zero-order chi connectivity index (χ0) is 8.60. The molecule has 2 aliphatic rings. The van der Waals surface area contributed by atoms with Crippen molar-refractivity contribution in [2.24, 2.45) is 5.73 Å². The first-order valence-electron chi connectivity index (χ1n) is 4.92. The number of aliphatic hydroxyl groups is 1. The molecule has 2 atom stereocenters. The van der Waals surface area contributed by atoms with Crippen LogP contribution in [0.4, 0.5) is 0 Å². The third-order valence-electron chi connectivity index (χ3n) is 3.15. The molecule has 2 fully saturated rings. The van der Waals surface area contributed by atoms with E-state index in [1.54, 1.807) is 0 Å². The molecule has 1 aliphatic carbocycles. The van der Waals surface area contributed by atoms with Crippen molar-refractivity contribution < 1.29 is 5.11 Å². The third kappa shape index (κ3) is 1.79. The van der Waals surface area contributed by atoms with E-state index in [0.29, 0.717) is 11.6 Å². The van der Waals surface area contributed by atoms with Gasteiger partial charge in [0.25, 0.3) is 0 Å². The molecule has 1 heterocycles. The highest BCUT2D eigenvalue weighted by Crippen LogP contribution is 2.45. The molecule has 4 N–H and O–H groups in total. The summed E-state index contributed by atoms with van der Waals surface area (Å²) in [6.45, 7) is 0. The summed E-state index contributed by atoms with van der Waals surface area (Å²) in [4.78, 5) is 0. The summed E-state index contributed by atoms with van der Waals surface area (Å²) in [5.41, 5.74) is 5.81. The van der Waals surface area contributed by atoms with Gasteiger partial charge in [-0.15, -0.1) is 0 Å². The van der Waals surface area contributed by atoms with E-state index in [1.165, 1.54) is 25.7 Å². The lowest BCUT2D eigenvalue weighted by Gasteiger charge is -2.13. The second-order valence-corrected chi connectivity index (χ2v) is 4.30. The summed E-state index contributed by atoms with van der Waals surface area (Å²) in [6, 6.07) is 0.616. The first kappa shape index (κ1) is 8.48. The summed E-state index contributed by atoms with van der Waals surface area (Å²) < 4.78 is 0. The van der Waals surface area contributed by atoms with Crippen molar-refractivity contribution in [2.75, 3.05) is 0 Å². The van der Waals surface area contributed by atoms with Crippen molar-refractivity contribution in [3.63, 3.8) is 0 Å². The fourth-order valence-corrected chi connectivity index (χ4v) is 2.16. The molecule has 2 unspecified atom stereocenters. The maximum atomic E-state index is 8.91. The number of nitrogens with two attached hydrogens (primary N) is 1. The van der Waals surface area contributed by atoms with Gasteiger partial charge in [0.1, 0.15) is 6.23 Å². The van der Waals surface area contributed by atoms with Crippen LogP contribution in [0.2, 0.25) is 0 Å². The lowest BCUT2D eigenvalue weighted by Crippen LogP contribution is -2.32. The van der Waals surface area contributed by atoms with E-state index in [2.05, 4.69) is 5.32 Å². The van der Waals surface area contributed by atoms with Gasteiger partial charge in [0.15, 0.2) is 0 Å². The molecule has 12 heavy (non-hydrogen) atoms. The Balaban J connectivity index is 1.70. The minimum absolute atomic E-state index is 0.532. The van der Waals surface area contributed by atoms with Crippen molar-refractivity contribution in [3.8, 4) is 0 Å². The Kier molecular flexibility index (Phi) is 2.10. The first-order valence-corrected chi connectivity index (χ1v) is 4.92. The van der Waals surface area contributed by atoms with E-state index in [4.69, 9.17) is 10.8 Å². The number of nitrogens with one attached hydrogen (secondary N) is 1. The molecule has 0 radical (unpaired) electrons. The van der Waals surface area contributed by atoms with Gasteiger partial charge in [-0.25, -0.2) is 0 Å². The SMILES string of the molecule is NC(O)CCC1CCC2(CC2)N1. The molecule has 1 saturated carbocycles. The average Bonchev–Trinajstić information content (AvgIpc) is 2.60. The largest absolute Gasteiger partial charge is 0.379 e. The van der Waals surface area contributed by atoms with E-state index in [-0.39, 0.29) is 0 Å². The van der Waals surface area contributed by atoms with Crippen molar-refractivity contribution in [3.05, 3.63) is 0 Å². The van der Waals surface area contributed by atoms with Crippen molar-refractivity contribution in [1.82, 2.24) is 5.32 Å². The summed E-state index contributed by atoms with van der Waals surface area (Å²) in [6.07, 6.45) is 6.45. The summed E-state index contributed by atoms with van der Waals surface area (Å²) in [7, 11) is 0. The van der Waals surface area contributed by atoms with Crippen LogP contribution in [0.15, 0.2) is 0 Å². The Bertz CT molecular complexity index is 166. The Morgan fingerprint density at radius 3 is 2.75 bits per heavy atom. The zero-order valence-corrected chi connectivity index (χ0v) is 7.42. The monoisotopic (exact) mass is 170 g/mol. The molecule has 3 heteroatoms. The minimum Gasteiger partial charge on any atom is -0.379 e. The molecule has 0 amide bonds. The van der Waals surface area contributed by atoms with Gasteiger partial charge in [0.2, 0.25) is 0 Å². The van der Waals surface area contributed by atoms with Crippen LogP contribution >= 0.6 is 0 Å². The van der Waals surface area contributed by atoms with Gasteiger partial charge < -0.3 is 16.2 Å². The third-order valence-corrected chi connectivity index (χ3v) is 3.15. The molecule has 0 aromatic heterocycles. The van der Waals surface area contributed by atoms with Crippen LogP contribution in [0.1, 0.15) is 38.5 Å². The highest BCUT2D eigenvalue weighted by atomic mass is 16.3. The zero-order valence-electron chi connectivity index (χ0n) is 7.42. The Morgan fingerprint density at radius 2 is 2.25 bits per heavy atom. The predicted octanol–water partition coefficient (Wildman–Crippen LogP) is 0.328. The number of rotatable bonds is 3. The smallest absolute Gasteiger partial charge is 0.102 e. The Labute approximate surface area is 73.3 Å². The van der Waals surface area contributed by atoms with Gasteiger partial charge in [-0.1, -0.05) is 0 Å². The van der Waals surface area contributed by atoms with Gasteiger partial charge in [0, 0.05) is 11.6 Å². The normalized spacial score (nSPS) is 34.0. The molecule has 1 aliphatic heterocycles. The number of hydrogen-bond donors (Lipinski definition) is 3.